The first-order chi connectivity index (χ1) is 10.1. The first kappa shape index (κ1) is 15.7. The van der Waals surface area contributed by atoms with Gasteiger partial charge >= 0.3 is 0 Å². The van der Waals surface area contributed by atoms with Gasteiger partial charge in [0.2, 0.25) is 10.0 Å². The van der Waals surface area contributed by atoms with Crippen molar-refractivity contribution >= 4 is 10.0 Å². The average Bonchev–Trinajstić information content (AvgIpc) is 3.00. The fraction of sp³-hybridized carbons (Fsp3) is 0.357. The van der Waals surface area contributed by atoms with Crippen molar-refractivity contribution in [1.29, 1.82) is 0 Å². The molecule has 3 N–H and O–H groups in total. The maximum absolute atomic E-state index is 12.1. The van der Waals surface area contributed by atoms with E-state index in [9.17, 15) is 8.42 Å². The quantitative estimate of drug-likeness (QED) is 0.636. The molecule has 1 aromatic heterocycles. The highest BCUT2D eigenvalue weighted by Crippen LogP contribution is 2.12. The van der Waals surface area contributed by atoms with Gasteiger partial charge in [-0.1, -0.05) is 12.1 Å². The zero-order valence-corrected chi connectivity index (χ0v) is 12.8. The van der Waals surface area contributed by atoms with E-state index in [1.807, 2.05) is 19.2 Å². The molecule has 0 bridgehead atoms. The van der Waals surface area contributed by atoms with Crippen molar-refractivity contribution in [1.82, 2.24) is 20.0 Å². The highest BCUT2D eigenvalue weighted by atomic mass is 32.2. The minimum atomic E-state index is -3.50. The van der Waals surface area contributed by atoms with Crippen LogP contribution in [-0.4, -0.2) is 32.0 Å². The molecule has 1 aromatic carbocycles. The maximum atomic E-state index is 12.1. The molecule has 0 aliphatic rings. The van der Waals surface area contributed by atoms with Crippen LogP contribution in [0.5, 0.6) is 0 Å². The van der Waals surface area contributed by atoms with Crippen LogP contribution in [0.1, 0.15) is 17.8 Å². The van der Waals surface area contributed by atoms with Crippen molar-refractivity contribution in [2.45, 2.75) is 24.3 Å². The Morgan fingerprint density at radius 3 is 2.62 bits per heavy atom. The van der Waals surface area contributed by atoms with Crippen LogP contribution in [0, 0.1) is 0 Å². The molecule has 0 fully saturated rings. The number of sulfonamides is 1. The summed E-state index contributed by atoms with van der Waals surface area (Å²) in [4.78, 5) is 7.11. The summed E-state index contributed by atoms with van der Waals surface area (Å²) in [5.74, 6) is 0.585. The fourth-order valence-corrected chi connectivity index (χ4v) is 2.93. The number of hydrogen-bond acceptors (Lipinski definition) is 4. The van der Waals surface area contributed by atoms with E-state index in [0.717, 1.165) is 24.9 Å². The molecule has 0 radical (unpaired) electrons. The molecule has 0 amide bonds. The smallest absolute Gasteiger partial charge is 0.240 e. The minimum absolute atomic E-state index is 0.152. The summed E-state index contributed by atoms with van der Waals surface area (Å²) in [5.41, 5.74) is 1.13. The number of H-pyrrole nitrogens is 1. The van der Waals surface area contributed by atoms with E-state index in [-0.39, 0.29) is 11.4 Å². The van der Waals surface area contributed by atoms with Crippen LogP contribution in [0.3, 0.4) is 0 Å². The maximum Gasteiger partial charge on any atom is 0.240 e. The lowest BCUT2D eigenvalue weighted by Gasteiger charge is -2.07. The van der Waals surface area contributed by atoms with Crippen LogP contribution in [0.15, 0.2) is 41.6 Å². The Kier molecular flexibility index (Phi) is 5.49. The SMILES string of the molecule is CNCCCc1ccc(S(=O)(=O)NCc2ncc[nH]2)cc1. The molecule has 0 aliphatic heterocycles. The van der Waals surface area contributed by atoms with Crippen LogP contribution < -0.4 is 10.0 Å². The number of hydrogen-bond donors (Lipinski definition) is 3. The van der Waals surface area contributed by atoms with E-state index in [1.165, 1.54) is 0 Å². The van der Waals surface area contributed by atoms with Crippen LogP contribution in [-0.2, 0) is 23.0 Å². The Morgan fingerprint density at radius 2 is 2.00 bits per heavy atom. The molecule has 6 nitrogen and oxygen atoms in total. The second-order valence-corrected chi connectivity index (χ2v) is 6.48. The second-order valence-electron chi connectivity index (χ2n) is 4.71. The number of aromatic amines is 1. The number of aryl methyl sites for hydroxylation is 1. The molecule has 2 rings (SSSR count). The Labute approximate surface area is 125 Å². The van der Waals surface area contributed by atoms with Gasteiger partial charge < -0.3 is 10.3 Å². The number of rotatable bonds is 8. The lowest BCUT2D eigenvalue weighted by atomic mass is 10.1. The molecular weight excluding hydrogens is 288 g/mol. The van der Waals surface area contributed by atoms with Gasteiger partial charge in [-0.3, -0.25) is 0 Å². The fourth-order valence-electron chi connectivity index (χ4n) is 1.95. The van der Waals surface area contributed by atoms with Crippen molar-refractivity contribution in [3.05, 3.63) is 48.0 Å². The van der Waals surface area contributed by atoms with E-state index in [1.54, 1.807) is 24.5 Å². The molecule has 2 aromatic rings. The van der Waals surface area contributed by atoms with Gasteiger partial charge in [0.1, 0.15) is 5.82 Å². The molecule has 0 saturated carbocycles. The summed E-state index contributed by atoms with van der Waals surface area (Å²) >= 11 is 0. The van der Waals surface area contributed by atoms with E-state index in [2.05, 4.69) is 20.0 Å². The van der Waals surface area contributed by atoms with Gasteiger partial charge in [-0.15, -0.1) is 0 Å². The normalized spacial score (nSPS) is 11.7. The summed E-state index contributed by atoms with van der Waals surface area (Å²) < 4.78 is 26.8. The molecule has 7 heteroatoms. The molecule has 0 aliphatic carbocycles. The standard InChI is InChI=1S/C14H20N4O2S/c1-15-8-2-3-12-4-6-13(7-5-12)21(19,20)18-11-14-16-9-10-17-14/h4-7,9-10,15,18H,2-3,8,11H2,1H3,(H,16,17). The van der Waals surface area contributed by atoms with Crippen LogP contribution >= 0.6 is 0 Å². The molecule has 1 heterocycles. The predicted molar refractivity (Wildman–Crippen MR) is 81.3 cm³/mol. The van der Waals surface area contributed by atoms with Crippen molar-refractivity contribution in [3.63, 3.8) is 0 Å². The zero-order chi connectivity index (χ0) is 15.1. The van der Waals surface area contributed by atoms with E-state index in [0.29, 0.717) is 5.82 Å². The molecule has 0 saturated heterocycles. The third-order valence-electron chi connectivity index (χ3n) is 3.11. The summed E-state index contributed by atoms with van der Waals surface area (Å²) in [6, 6.07) is 6.99. The summed E-state index contributed by atoms with van der Waals surface area (Å²) in [7, 11) is -1.58. The number of nitrogens with one attached hydrogen (secondary N) is 3. The Morgan fingerprint density at radius 1 is 1.24 bits per heavy atom. The molecular formula is C14H20N4O2S. The van der Waals surface area contributed by atoms with Crippen LogP contribution in [0.25, 0.3) is 0 Å². The molecule has 0 atom stereocenters. The monoisotopic (exact) mass is 308 g/mol. The molecule has 114 valence electrons. The Hall–Kier alpha value is -1.70. The first-order valence-electron chi connectivity index (χ1n) is 6.83. The van der Waals surface area contributed by atoms with Gasteiger partial charge in [-0.25, -0.2) is 18.1 Å². The Balaban J connectivity index is 1.96. The summed E-state index contributed by atoms with van der Waals surface area (Å²) in [6.07, 6.45) is 5.20. The van der Waals surface area contributed by atoms with E-state index >= 15 is 0 Å². The van der Waals surface area contributed by atoms with Gasteiger partial charge in [0.05, 0.1) is 11.4 Å². The third kappa shape index (κ3) is 4.66. The Bertz CT molecular complexity index is 636. The van der Waals surface area contributed by atoms with E-state index < -0.39 is 10.0 Å². The number of aromatic nitrogens is 2. The number of imidazole rings is 1. The highest BCUT2D eigenvalue weighted by Gasteiger charge is 2.13. The van der Waals surface area contributed by atoms with Gasteiger partial charge in [0.25, 0.3) is 0 Å². The lowest BCUT2D eigenvalue weighted by Crippen LogP contribution is -2.23. The van der Waals surface area contributed by atoms with Crippen molar-refractivity contribution in [3.8, 4) is 0 Å². The van der Waals surface area contributed by atoms with Crippen molar-refractivity contribution in [2.75, 3.05) is 13.6 Å². The highest BCUT2D eigenvalue weighted by molar-refractivity contribution is 7.89. The number of nitrogens with zero attached hydrogens (tertiary/aromatic N) is 1. The molecule has 0 unspecified atom stereocenters. The second kappa shape index (κ2) is 7.35. The minimum Gasteiger partial charge on any atom is -0.347 e. The molecule has 0 spiro atoms. The van der Waals surface area contributed by atoms with Crippen LogP contribution in [0.2, 0.25) is 0 Å². The van der Waals surface area contributed by atoms with Gasteiger partial charge in [0.15, 0.2) is 0 Å². The number of benzene rings is 1. The summed E-state index contributed by atoms with van der Waals surface area (Å²) in [5, 5.41) is 3.09. The van der Waals surface area contributed by atoms with Crippen LogP contribution in [0.4, 0.5) is 0 Å². The summed E-state index contributed by atoms with van der Waals surface area (Å²) in [6.45, 7) is 1.10. The van der Waals surface area contributed by atoms with Gasteiger partial charge in [0, 0.05) is 12.4 Å². The van der Waals surface area contributed by atoms with Gasteiger partial charge in [-0.05, 0) is 44.1 Å². The third-order valence-corrected chi connectivity index (χ3v) is 4.53. The largest absolute Gasteiger partial charge is 0.347 e. The average molecular weight is 308 g/mol. The molecule has 21 heavy (non-hydrogen) atoms. The van der Waals surface area contributed by atoms with Crippen molar-refractivity contribution in [2.24, 2.45) is 0 Å². The van der Waals surface area contributed by atoms with Gasteiger partial charge in [-0.2, -0.15) is 0 Å². The zero-order valence-electron chi connectivity index (χ0n) is 12.0. The lowest BCUT2D eigenvalue weighted by molar-refractivity contribution is 0.579. The predicted octanol–water partition coefficient (Wildman–Crippen LogP) is 1.04. The van der Waals surface area contributed by atoms with E-state index in [4.69, 9.17) is 0 Å². The topological polar surface area (TPSA) is 86.9 Å². The first-order valence-corrected chi connectivity index (χ1v) is 8.31. The van der Waals surface area contributed by atoms with Crippen molar-refractivity contribution < 1.29 is 8.42 Å².